The van der Waals surface area contributed by atoms with E-state index in [1.54, 1.807) is 0 Å². The second-order valence-corrected chi connectivity index (χ2v) is 7.73. The molecule has 0 amide bonds. The number of nitrogens with zero attached hydrogens (tertiary/aromatic N) is 2. The van der Waals surface area contributed by atoms with Crippen molar-refractivity contribution in [1.29, 1.82) is 0 Å². The molecule has 1 atom stereocenters. The molecule has 1 aromatic heterocycles. The van der Waals surface area contributed by atoms with Crippen molar-refractivity contribution < 1.29 is 0 Å². The lowest BCUT2D eigenvalue weighted by molar-refractivity contribution is 0.201. The van der Waals surface area contributed by atoms with E-state index in [1.165, 1.54) is 68.0 Å². The molecule has 2 aliphatic rings. The molecule has 1 saturated carbocycles. The zero-order valence-corrected chi connectivity index (χ0v) is 13.4. The third-order valence-electron chi connectivity index (χ3n) is 4.76. The number of rotatable bonds is 3. The largest absolute Gasteiger partial charge is 0.312 e. The Morgan fingerprint density at radius 2 is 2.15 bits per heavy atom. The maximum atomic E-state index is 4.53. The molecule has 1 aromatic rings. The summed E-state index contributed by atoms with van der Waals surface area (Å²) in [6.07, 6.45) is 10.5. The van der Waals surface area contributed by atoms with Gasteiger partial charge in [-0.15, -0.1) is 11.3 Å². The van der Waals surface area contributed by atoms with Gasteiger partial charge in [0.25, 0.3) is 0 Å². The Labute approximate surface area is 126 Å². The number of hydrogen-bond acceptors (Lipinski definition) is 4. The van der Waals surface area contributed by atoms with Crippen LogP contribution >= 0.6 is 11.3 Å². The molecule has 1 aliphatic heterocycles. The van der Waals surface area contributed by atoms with Gasteiger partial charge in [0.1, 0.15) is 5.01 Å². The molecule has 3 rings (SSSR count). The summed E-state index contributed by atoms with van der Waals surface area (Å²) in [5, 5.41) is 5.10. The van der Waals surface area contributed by atoms with Crippen molar-refractivity contribution in [3.05, 3.63) is 16.1 Å². The Bertz CT molecular complexity index is 412. The van der Waals surface area contributed by atoms with Crippen LogP contribution in [0.1, 0.15) is 48.4 Å². The van der Waals surface area contributed by atoms with E-state index in [2.05, 4.69) is 22.1 Å². The smallest absolute Gasteiger partial charge is 0.107 e. The first-order chi connectivity index (χ1) is 9.81. The van der Waals surface area contributed by atoms with Crippen molar-refractivity contribution in [3.8, 4) is 0 Å². The van der Waals surface area contributed by atoms with Gasteiger partial charge < -0.3 is 5.32 Å². The topological polar surface area (TPSA) is 28.2 Å². The van der Waals surface area contributed by atoms with Crippen molar-refractivity contribution in [1.82, 2.24) is 15.2 Å². The molecule has 0 spiro atoms. The van der Waals surface area contributed by atoms with Crippen molar-refractivity contribution in [3.63, 3.8) is 0 Å². The van der Waals surface area contributed by atoms with Gasteiger partial charge in [0.2, 0.25) is 0 Å². The first-order valence-corrected chi connectivity index (χ1v) is 9.00. The molecule has 1 aliphatic carbocycles. The summed E-state index contributed by atoms with van der Waals surface area (Å²) in [4.78, 5) is 8.49. The molecule has 1 saturated heterocycles. The Hall–Kier alpha value is -0.450. The van der Waals surface area contributed by atoms with Gasteiger partial charge in [-0.25, -0.2) is 4.98 Å². The van der Waals surface area contributed by atoms with Crippen LogP contribution in [-0.2, 0) is 6.54 Å². The lowest BCUT2D eigenvalue weighted by atomic mass is 9.83. The highest BCUT2D eigenvalue weighted by molar-refractivity contribution is 7.11. The first kappa shape index (κ1) is 14.5. The molecule has 0 bridgehead atoms. The van der Waals surface area contributed by atoms with Crippen LogP contribution in [0.5, 0.6) is 0 Å². The van der Waals surface area contributed by atoms with Crippen molar-refractivity contribution in [2.75, 3.05) is 19.6 Å². The second kappa shape index (κ2) is 7.01. The third-order valence-corrected chi connectivity index (χ3v) is 5.66. The predicted octanol–water partition coefficient (Wildman–Crippen LogP) is 3.20. The second-order valence-electron chi connectivity index (χ2n) is 6.41. The summed E-state index contributed by atoms with van der Waals surface area (Å²) < 4.78 is 0. The Morgan fingerprint density at radius 1 is 1.30 bits per heavy atom. The minimum Gasteiger partial charge on any atom is -0.312 e. The van der Waals surface area contributed by atoms with E-state index in [4.69, 9.17) is 0 Å². The van der Waals surface area contributed by atoms with E-state index in [1.807, 2.05) is 17.5 Å². The highest BCUT2D eigenvalue weighted by Gasteiger charge is 2.27. The number of nitrogens with one attached hydrogen (secondary N) is 1. The van der Waals surface area contributed by atoms with Crippen molar-refractivity contribution in [2.45, 2.75) is 58.0 Å². The van der Waals surface area contributed by atoms with Gasteiger partial charge in [-0.05, 0) is 45.2 Å². The summed E-state index contributed by atoms with van der Waals surface area (Å²) in [7, 11) is 0. The van der Waals surface area contributed by atoms with Crippen molar-refractivity contribution >= 4 is 11.3 Å². The fourth-order valence-electron chi connectivity index (χ4n) is 3.69. The van der Waals surface area contributed by atoms with Crippen LogP contribution in [0.2, 0.25) is 0 Å². The number of aromatic nitrogens is 1. The SMILES string of the molecule is Cc1cnc(CN2CCCNC(C3CCCCC3)C2)s1. The molecule has 4 heteroatoms. The molecule has 0 radical (unpaired) electrons. The summed E-state index contributed by atoms with van der Waals surface area (Å²) in [6, 6.07) is 0.707. The highest BCUT2D eigenvalue weighted by atomic mass is 32.1. The molecular weight excluding hydrogens is 266 g/mol. The normalized spacial score (nSPS) is 26.6. The van der Waals surface area contributed by atoms with E-state index in [9.17, 15) is 0 Å². The summed E-state index contributed by atoms with van der Waals surface area (Å²) in [5.74, 6) is 0.905. The van der Waals surface area contributed by atoms with Gasteiger partial charge in [0.15, 0.2) is 0 Å². The molecule has 20 heavy (non-hydrogen) atoms. The van der Waals surface area contributed by atoms with Gasteiger partial charge in [-0.2, -0.15) is 0 Å². The summed E-state index contributed by atoms with van der Waals surface area (Å²) in [6.45, 7) is 6.81. The van der Waals surface area contributed by atoms with Gasteiger partial charge >= 0.3 is 0 Å². The number of aryl methyl sites for hydroxylation is 1. The van der Waals surface area contributed by atoms with E-state index >= 15 is 0 Å². The van der Waals surface area contributed by atoms with Crippen LogP contribution in [0, 0.1) is 12.8 Å². The van der Waals surface area contributed by atoms with Crippen molar-refractivity contribution in [2.24, 2.45) is 5.92 Å². The fraction of sp³-hybridized carbons (Fsp3) is 0.812. The molecule has 112 valence electrons. The van der Waals surface area contributed by atoms with Gasteiger partial charge in [-0.3, -0.25) is 4.90 Å². The highest BCUT2D eigenvalue weighted by Crippen LogP contribution is 2.28. The van der Waals surface area contributed by atoms with Gasteiger partial charge in [0.05, 0.1) is 6.54 Å². The first-order valence-electron chi connectivity index (χ1n) is 8.18. The molecule has 2 fully saturated rings. The molecule has 2 heterocycles. The third kappa shape index (κ3) is 3.80. The zero-order chi connectivity index (χ0) is 13.8. The van der Waals surface area contributed by atoms with E-state index in [-0.39, 0.29) is 0 Å². The molecule has 3 nitrogen and oxygen atoms in total. The Balaban J connectivity index is 1.59. The average molecular weight is 293 g/mol. The standard InChI is InChI=1S/C16H27N3S/c1-13-10-18-16(20-13)12-19-9-5-8-17-15(11-19)14-6-3-2-4-7-14/h10,14-15,17H,2-9,11-12H2,1H3. The van der Waals surface area contributed by atoms with Crippen LogP contribution in [0.3, 0.4) is 0 Å². The lowest BCUT2D eigenvalue weighted by Crippen LogP contribution is -2.43. The van der Waals surface area contributed by atoms with E-state index < -0.39 is 0 Å². The maximum absolute atomic E-state index is 4.53. The Morgan fingerprint density at radius 3 is 2.90 bits per heavy atom. The molecule has 1 unspecified atom stereocenters. The van der Waals surface area contributed by atoms with Crippen LogP contribution in [0.25, 0.3) is 0 Å². The lowest BCUT2D eigenvalue weighted by Gasteiger charge is -2.32. The summed E-state index contributed by atoms with van der Waals surface area (Å²) in [5.41, 5.74) is 0. The van der Waals surface area contributed by atoms with Crippen LogP contribution in [-0.4, -0.2) is 35.6 Å². The molecule has 1 N–H and O–H groups in total. The average Bonchev–Trinajstić information content (AvgIpc) is 2.74. The minimum atomic E-state index is 0.707. The van der Waals surface area contributed by atoms with Gasteiger partial charge in [-0.1, -0.05) is 19.3 Å². The van der Waals surface area contributed by atoms with Gasteiger partial charge in [0, 0.05) is 23.7 Å². The number of hydrogen-bond donors (Lipinski definition) is 1. The maximum Gasteiger partial charge on any atom is 0.107 e. The minimum absolute atomic E-state index is 0.707. The van der Waals surface area contributed by atoms with Crippen LogP contribution in [0.4, 0.5) is 0 Å². The quantitative estimate of drug-likeness (QED) is 0.927. The van der Waals surface area contributed by atoms with E-state index in [0.717, 1.165) is 12.5 Å². The molecular formula is C16H27N3S. The van der Waals surface area contributed by atoms with E-state index in [0.29, 0.717) is 6.04 Å². The summed E-state index contributed by atoms with van der Waals surface area (Å²) >= 11 is 1.85. The number of thiazole rings is 1. The zero-order valence-electron chi connectivity index (χ0n) is 12.6. The predicted molar refractivity (Wildman–Crippen MR) is 85.1 cm³/mol. The fourth-order valence-corrected chi connectivity index (χ4v) is 4.52. The Kier molecular flexibility index (Phi) is 5.08. The van der Waals surface area contributed by atoms with Crippen LogP contribution in [0.15, 0.2) is 6.20 Å². The molecule has 0 aromatic carbocycles. The monoisotopic (exact) mass is 293 g/mol. The van der Waals surface area contributed by atoms with Crippen LogP contribution < -0.4 is 5.32 Å².